The molecule has 0 unspecified atom stereocenters. The van der Waals surface area contributed by atoms with E-state index >= 15 is 0 Å². The third-order valence-corrected chi connectivity index (χ3v) is 5.67. The molecule has 0 aliphatic rings. The molecule has 0 radical (unpaired) electrons. The van der Waals surface area contributed by atoms with Crippen LogP contribution in [-0.2, 0) is 27.4 Å². The number of ether oxygens (including phenoxy) is 1. The molecule has 154 valence electrons. The Morgan fingerprint density at radius 2 is 2.07 bits per heavy atom. The maximum Gasteiger partial charge on any atom is 0.326 e. The van der Waals surface area contributed by atoms with E-state index in [4.69, 9.17) is 20.8 Å². The van der Waals surface area contributed by atoms with Crippen molar-refractivity contribution in [2.75, 3.05) is 13.7 Å². The van der Waals surface area contributed by atoms with Crippen LogP contribution in [-0.4, -0.2) is 40.0 Å². The van der Waals surface area contributed by atoms with Gasteiger partial charge >= 0.3 is 5.97 Å². The zero-order valence-corrected chi connectivity index (χ0v) is 17.4. The summed E-state index contributed by atoms with van der Waals surface area (Å²) in [6.45, 7) is -0.445. The molecule has 4 aromatic rings. The van der Waals surface area contributed by atoms with Crippen LogP contribution in [0.2, 0.25) is 4.34 Å². The Bertz CT molecular complexity index is 1310. The zero-order valence-electron chi connectivity index (χ0n) is 15.8. The minimum absolute atomic E-state index is 0.0666. The average Bonchev–Trinajstić information content (AvgIpc) is 3.31. The first-order valence-corrected chi connectivity index (χ1v) is 10.1. The standard InChI is InChI=1S/C20H16ClN3O5S/c1-23(8-12-6-7-15(21)30-12)16(25)10-28-17(26)9-24-11-22-18-13-4-2-3-5-14(13)29-19(18)20(24)27/h2-7,11H,8-10H2,1H3. The molecule has 8 nitrogen and oxygen atoms in total. The van der Waals surface area contributed by atoms with Crippen LogP contribution in [0.3, 0.4) is 0 Å². The van der Waals surface area contributed by atoms with Crippen molar-refractivity contribution in [2.24, 2.45) is 0 Å². The molecule has 0 aliphatic carbocycles. The summed E-state index contributed by atoms with van der Waals surface area (Å²) in [7, 11) is 1.60. The highest BCUT2D eigenvalue weighted by atomic mass is 35.5. The maximum atomic E-state index is 12.6. The van der Waals surface area contributed by atoms with E-state index in [1.165, 1.54) is 22.6 Å². The molecule has 0 spiro atoms. The molecule has 4 rings (SSSR count). The summed E-state index contributed by atoms with van der Waals surface area (Å²) in [5, 5.41) is 0.722. The predicted octanol–water partition coefficient (Wildman–Crippen LogP) is 3.06. The van der Waals surface area contributed by atoms with Crippen molar-refractivity contribution < 1.29 is 18.7 Å². The number of likely N-dealkylation sites (N-methyl/N-ethyl adjacent to an activating group) is 1. The molecule has 0 bridgehead atoms. The monoisotopic (exact) mass is 445 g/mol. The van der Waals surface area contributed by atoms with Gasteiger partial charge in [-0.1, -0.05) is 23.7 Å². The van der Waals surface area contributed by atoms with Gasteiger partial charge in [0.2, 0.25) is 5.58 Å². The molecule has 3 heterocycles. The number of furan rings is 1. The number of nitrogens with zero attached hydrogens (tertiary/aromatic N) is 3. The number of benzene rings is 1. The Morgan fingerprint density at radius 3 is 2.83 bits per heavy atom. The Balaban J connectivity index is 1.39. The van der Waals surface area contributed by atoms with Crippen LogP contribution in [0, 0.1) is 0 Å². The lowest BCUT2D eigenvalue weighted by molar-refractivity contribution is -0.152. The lowest BCUT2D eigenvalue weighted by atomic mass is 10.2. The molecule has 0 atom stereocenters. The number of amides is 1. The Hall–Kier alpha value is -3.17. The number of thiophene rings is 1. The van der Waals surface area contributed by atoms with Crippen molar-refractivity contribution in [3.8, 4) is 0 Å². The zero-order chi connectivity index (χ0) is 21.3. The molecule has 0 saturated carbocycles. The second-order valence-electron chi connectivity index (χ2n) is 6.57. The number of esters is 1. The summed E-state index contributed by atoms with van der Waals surface area (Å²) in [6, 6.07) is 10.7. The number of fused-ring (bicyclic) bond motifs is 3. The van der Waals surface area contributed by atoms with Crippen LogP contribution in [0.25, 0.3) is 22.1 Å². The summed E-state index contributed by atoms with van der Waals surface area (Å²) in [6.07, 6.45) is 1.27. The van der Waals surface area contributed by atoms with E-state index in [2.05, 4.69) is 4.98 Å². The first kappa shape index (κ1) is 20.1. The van der Waals surface area contributed by atoms with Gasteiger partial charge < -0.3 is 14.1 Å². The fourth-order valence-electron chi connectivity index (χ4n) is 2.92. The number of carbonyl (C=O) groups excluding carboxylic acids is 2. The van der Waals surface area contributed by atoms with Gasteiger partial charge in [-0.2, -0.15) is 0 Å². The molecule has 0 fully saturated rings. The highest BCUT2D eigenvalue weighted by Gasteiger charge is 2.17. The van der Waals surface area contributed by atoms with Crippen molar-refractivity contribution in [1.82, 2.24) is 14.5 Å². The molecular formula is C20H16ClN3O5S. The summed E-state index contributed by atoms with van der Waals surface area (Å²) in [5.74, 6) is -1.10. The quantitative estimate of drug-likeness (QED) is 0.423. The van der Waals surface area contributed by atoms with Gasteiger partial charge in [0.25, 0.3) is 11.5 Å². The lowest BCUT2D eigenvalue weighted by Crippen LogP contribution is -2.32. The maximum absolute atomic E-state index is 12.6. The molecule has 1 aromatic carbocycles. The SMILES string of the molecule is CN(Cc1ccc(Cl)s1)C(=O)COC(=O)Cn1cnc2c(oc3ccccc32)c1=O. The van der Waals surface area contributed by atoms with Gasteiger partial charge in [0, 0.05) is 17.3 Å². The number of halogens is 1. The van der Waals surface area contributed by atoms with Crippen molar-refractivity contribution in [3.05, 3.63) is 62.3 Å². The Kier molecular flexibility index (Phi) is 5.56. The summed E-state index contributed by atoms with van der Waals surface area (Å²) in [5.41, 5.74) is 0.548. The van der Waals surface area contributed by atoms with Crippen LogP contribution >= 0.6 is 22.9 Å². The van der Waals surface area contributed by atoms with Gasteiger partial charge in [0.05, 0.1) is 17.2 Å². The summed E-state index contributed by atoms with van der Waals surface area (Å²) < 4.78 is 12.3. The van der Waals surface area contributed by atoms with E-state index in [9.17, 15) is 14.4 Å². The molecule has 0 N–H and O–H groups in total. The van der Waals surface area contributed by atoms with E-state index in [0.717, 1.165) is 14.8 Å². The Morgan fingerprint density at radius 1 is 1.27 bits per heavy atom. The second-order valence-corrected chi connectivity index (χ2v) is 8.37. The third kappa shape index (κ3) is 4.07. The number of hydrogen-bond donors (Lipinski definition) is 0. The van der Waals surface area contributed by atoms with E-state index in [1.54, 1.807) is 31.3 Å². The van der Waals surface area contributed by atoms with Gasteiger partial charge in [-0.05, 0) is 24.3 Å². The minimum atomic E-state index is -0.727. The highest BCUT2D eigenvalue weighted by Crippen LogP contribution is 2.24. The normalized spacial score (nSPS) is 11.1. The van der Waals surface area contributed by atoms with Gasteiger partial charge in [-0.15, -0.1) is 11.3 Å². The van der Waals surface area contributed by atoms with Crippen LogP contribution < -0.4 is 5.56 Å². The van der Waals surface area contributed by atoms with Crippen molar-refractivity contribution >= 4 is 56.9 Å². The van der Waals surface area contributed by atoms with Gasteiger partial charge in [-0.3, -0.25) is 19.0 Å². The topological polar surface area (TPSA) is 94.6 Å². The first-order valence-electron chi connectivity index (χ1n) is 8.93. The van der Waals surface area contributed by atoms with E-state index in [-0.39, 0.29) is 18.0 Å². The third-order valence-electron chi connectivity index (χ3n) is 4.45. The molecule has 1 amide bonds. The summed E-state index contributed by atoms with van der Waals surface area (Å²) in [4.78, 5) is 43.5. The number of aromatic nitrogens is 2. The molecule has 3 aromatic heterocycles. The Labute approximate surface area is 179 Å². The van der Waals surface area contributed by atoms with Crippen LogP contribution in [0.5, 0.6) is 0 Å². The van der Waals surface area contributed by atoms with Crippen molar-refractivity contribution in [3.63, 3.8) is 0 Å². The first-order chi connectivity index (χ1) is 14.4. The number of carbonyl (C=O) groups is 2. The molecule has 30 heavy (non-hydrogen) atoms. The molecular weight excluding hydrogens is 430 g/mol. The van der Waals surface area contributed by atoms with Gasteiger partial charge in [-0.25, -0.2) is 4.98 Å². The fourth-order valence-corrected chi connectivity index (χ4v) is 4.06. The molecule has 10 heteroatoms. The van der Waals surface area contributed by atoms with E-state index < -0.39 is 18.1 Å². The number of rotatable bonds is 6. The van der Waals surface area contributed by atoms with Crippen LogP contribution in [0.1, 0.15) is 4.88 Å². The molecule has 0 saturated heterocycles. The minimum Gasteiger partial charge on any atom is -0.454 e. The fraction of sp³-hybridized carbons (Fsp3) is 0.200. The van der Waals surface area contributed by atoms with Crippen molar-refractivity contribution in [1.29, 1.82) is 0 Å². The highest BCUT2D eigenvalue weighted by molar-refractivity contribution is 7.16. The number of hydrogen-bond acceptors (Lipinski definition) is 7. The van der Waals surface area contributed by atoms with Gasteiger partial charge in [0.1, 0.15) is 17.6 Å². The van der Waals surface area contributed by atoms with Crippen LogP contribution in [0.4, 0.5) is 0 Å². The predicted molar refractivity (Wildman–Crippen MR) is 113 cm³/mol. The summed E-state index contributed by atoms with van der Waals surface area (Å²) >= 11 is 7.25. The second kappa shape index (κ2) is 8.29. The van der Waals surface area contributed by atoms with Gasteiger partial charge in [0.15, 0.2) is 6.61 Å². The van der Waals surface area contributed by atoms with Crippen molar-refractivity contribution in [2.45, 2.75) is 13.1 Å². The lowest BCUT2D eigenvalue weighted by Gasteiger charge is -2.16. The molecule has 0 aliphatic heterocycles. The number of para-hydroxylation sites is 1. The van der Waals surface area contributed by atoms with Crippen LogP contribution in [0.15, 0.2) is 51.9 Å². The van der Waals surface area contributed by atoms with E-state index in [0.29, 0.717) is 22.0 Å². The van der Waals surface area contributed by atoms with E-state index in [1.807, 2.05) is 12.1 Å². The largest absolute Gasteiger partial charge is 0.454 e. The average molecular weight is 446 g/mol. The smallest absolute Gasteiger partial charge is 0.326 e.